The first kappa shape index (κ1) is 14.0. The van der Waals surface area contributed by atoms with E-state index < -0.39 is 11.6 Å². The van der Waals surface area contributed by atoms with Gasteiger partial charge in [0.1, 0.15) is 0 Å². The fourth-order valence-corrected chi connectivity index (χ4v) is 1.92. The lowest BCUT2D eigenvalue weighted by Crippen LogP contribution is -2.18. The minimum absolute atomic E-state index is 0.102. The van der Waals surface area contributed by atoms with Crippen LogP contribution in [0, 0.1) is 11.6 Å². The minimum atomic E-state index is -0.825. The fraction of sp³-hybridized carbons (Fsp3) is 0.200. The second kappa shape index (κ2) is 6.13. The zero-order chi connectivity index (χ0) is 13.8. The maximum absolute atomic E-state index is 13.1. The monoisotopic (exact) mass is 281 g/mol. The highest BCUT2D eigenvalue weighted by Crippen LogP contribution is 2.17. The molecule has 100 valence electrons. The van der Waals surface area contributed by atoms with E-state index in [0.717, 1.165) is 11.6 Å². The first-order valence-electron chi connectivity index (χ1n) is 5.99. The predicted octanol–water partition coefficient (Wildman–Crippen LogP) is 4.47. The molecule has 1 N–H and O–H groups in total. The molecular formula is C15H14ClF2N. The summed E-state index contributed by atoms with van der Waals surface area (Å²) in [7, 11) is 0. The molecule has 1 unspecified atom stereocenters. The lowest BCUT2D eigenvalue weighted by Gasteiger charge is -2.14. The molecule has 0 fully saturated rings. The molecule has 0 bridgehead atoms. The van der Waals surface area contributed by atoms with Crippen LogP contribution < -0.4 is 5.32 Å². The molecule has 0 aliphatic heterocycles. The molecule has 1 nitrogen and oxygen atoms in total. The number of benzene rings is 2. The van der Waals surface area contributed by atoms with Gasteiger partial charge in [-0.15, -0.1) is 0 Å². The van der Waals surface area contributed by atoms with Gasteiger partial charge in [-0.1, -0.05) is 29.8 Å². The van der Waals surface area contributed by atoms with Crippen molar-refractivity contribution in [2.75, 3.05) is 0 Å². The van der Waals surface area contributed by atoms with Crippen LogP contribution in [0.1, 0.15) is 24.1 Å². The number of hydrogen-bond donors (Lipinski definition) is 1. The first-order chi connectivity index (χ1) is 9.06. The standard InChI is InChI=1S/C15H14ClF2N/c1-10(12-3-5-13(16)6-4-12)19-9-11-2-7-14(17)15(18)8-11/h2-8,10,19H,9H2,1H3. The van der Waals surface area contributed by atoms with Gasteiger partial charge >= 0.3 is 0 Å². The predicted molar refractivity (Wildman–Crippen MR) is 73.1 cm³/mol. The molecule has 0 saturated carbocycles. The van der Waals surface area contributed by atoms with Gasteiger partial charge in [0, 0.05) is 17.6 Å². The smallest absolute Gasteiger partial charge is 0.159 e. The van der Waals surface area contributed by atoms with Crippen molar-refractivity contribution in [3.8, 4) is 0 Å². The van der Waals surface area contributed by atoms with E-state index in [1.807, 2.05) is 31.2 Å². The average molecular weight is 282 g/mol. The summed E-state index contributed by atoms with van der Waals surface area (Å²) < 4.78 is 25.8. The van der Waals surface area contributed by atoms with Gasteiger partial charge in [-0.2, -0.15) is 0 Å². The van der Waals surface area contributed by atoms with Gasteiger partial charge in [0.15, 0.2) is 11.6 Å². The van der Waals surface area contributed by atoms with E-state index in [-0.39, 0.29) is 6.04 Å². The molecule has 2 rings (SSSR count). The third kappa shape index (κ3) is 3.75. The highest BCUT2D eigenvalue weighted by atomic mass is 35.5. The lowest BCUT2D eigenvalue weighted by molar-refractivity contribution is 0.504. The van der Waals surface area contributed by atoms with Crippen molar-refractivity contribution in [2.45, 2.75) is 19.5 Å². The summed E-state index contributed by atoms with van der Waals surface area (Å²) in [5.41, 5.74) is 1.80. The molecule has 2 aromatic rings. The molecule has 0 aliphatic rings. The van der Waals surface area contributed by atoms with Crippen molar-refractivity contribution in [3.05, 3.63) is 70.2 Å². The lowest BCUT2D eigenvalue weighted by atomic mass is 10.1. The molecule has 0 heterocycles. The third-order valence-electron chi connectivity index (χ3n) is 2.97. The van der Waals surface area contributed by atoms with Crippen LogP contribution in [0.2, 0.25) is 5.02 Å². The van der Waals surface area contributed by atoms with Crippen LogP contribution in [-0.2, 0) is 6.54 Å². The average Bonchev–Trinajstić information content (AvgIpc) is 2.40. The summed E-state index contributed by atoms with van der Waals surface area (Å²) in [4.78, 5) is 0. The van der Waals surface area contributed by atoms with Crippen LogP contribution in [0.5, 0.6) is 0 Å². The van der Waals surface area contributed by atoms with Crippen LogP contribution in [-0.4, -0.2) is 0 Å². The Balaban J connectivity index is 1.98. The fourth-order valence-electron chi connectivity index (χ4n) is 1.79. The molecular weight excluding hydrogens is 268 g/mol. The summed E-state index contributed by atoms with van der Waals surface area (Å²) in [6, 6.07) is 11.5. The maximum Gasteiger partial charge on any atom is 0.159 e. The van der Waals surface area contributed by atoms with E-state index in [1.54, 1.807) is 6.07 Å². The molecule has 2 aromatic carbocycles. The third-order valence-corrected chi connectivity index (χ3v) is 3.22. The van der Waals surface area contributed by atoms with Gasteiger partial charge in [0.25, 0.3) is 0 Å². The van der Waals surface area contributed by atoms with Crippen molar-refractivity contribution >= 4 is 11.6 Å². The van der Waals surface area contributed by atoms with E-state index in [2.05, 4.69) is 5.32 Å². The van der Waals surface area contributed by atoms with Crippen molar-refractivity contribution < 1.29 is 8.78 Å². The van der Waals surface area contributed by atoms with Gasteiger partial charge in [-0.05, 0) is 42.3 Å². The first-order valence-corrected chi connectivity index (χ1v) is 6.37. The Morgan fingerprint density at radius 1 is 1.05 bits per heavy atom. The van der Waals surface area contributed by atoms with Gasteiger partial charge in [0.2, 0.25) is 0 Å². The topological polar surface area (TPSA) is 12.0 Å². The Bertz CT molecular complexity index is 555. The Morgan fingerprint density at radius 3 is 2.37 bits per heavy atom. The van der Waals surface area contributed by atoms with E-state index in [1.165, 1.54) is 6.07 Å². The van der Waals surface area contributed by atoms with Gasteiger partial charge in [0.05, 0.1) is 0 Å². The second-order valence-corrected chi connectivity index (χ2v) is 4.84. The highest BCUT2D eigenvalue weighted by molar-refractivity contribution is 6.30. The van der Waals surface area contributed by atoms with Crippen molar-refractivity contribution in [3.63, 3.8) is 0 Å². The number of nitrogens with one attached hydrogen (secondary N) is 1. The quantitative estimate of drug-likeness (QED) is 0.872. The second-order valence-electron chi connectivity index (χ2n) is 4.40. The normalized spacial score (nSPS) is 12.4. The molecule has 0 radical (unpaired) electrons. The molecule has 4 heteroatoms. The van der Waals surface area contributed by atoms with Crippen molar-refractivity contribution in [2.24, 2.45) is 0 Å². The van der Waals surface area contributed by atoms with Crippen LogP contribution in [0.3, 0.4) is 0 Å². The Labute approximate surface area is 116 Å². The summed E-state index contributed by atoms with van der Waals surface area (Å²) in [5, 5.41) is 3.94. The SMILES string of the molecule is CC(NCc1ccc(F)c(F)c1)c1ccc(Cl)cc1. The molecule has 0 spiro atoms. The van der Waals surface area contributed by atoms with E-state index in [4.69, 9.17) is 11.6 Å². The summed E-state index contributed by atoms with van der Waals surface area (Å²) in [6.07, 6.45) is 0. The van der Waals surface area contributed by atoms with Gasteiger partial charge in [-0.25, -0.2) is 8.78 Å². The Morgan fingerprint density at radius 2 is 1.74 bits per heavy atom. The Kier molecular flexibility index (Phi) is 4.51. The minimum Gasteiger partial charge on any atom is -0.306 e. The van der Waals surface area contributed by atoms with Crippen LogP contribution in [0.25, 0.3) is 0 Å². The number of rotatable bonds is 4. The van der Waals surface area contributed by atoms with Crippen molar-refractivity contribution in [1.29, 1.82) is 0 Å². The van der Waals surface area contributed by atoms with Gasteiger partial charge < -0.3 is 5.32 Å². The number of hydrogen-bond acceptors (Lipinski definition) is 1. The molecule has 0 aliphatic carbocycles. The van der Waals surface area contributed by atoms with E-state index in [9.17, 15) is 8.78 Å². The highest BCUT2D eigenvalue weighted by Gasteiger charge is 2.06. The summed E-state index contributed by atoms with van der Waals surface area (Å²) in [5.74, 6) is -1.65. The van der Waals surface area contributed by atoms with Crippen LogP contribution in [0.15, 0.2) is 42.5 Å². The van der Waals surface area contributed by atoms with Crippen LogP contribution in [0.4, 0.5) is 8.78 Å². The zero-order valence-electron chi connectivity index (χ0n) is 10.5. The van der Waals surface area contributed by atoms with E-state index >= 15 is 0 Å². The van der Waals surface area contributed by atoms with Gasteiger partial charge in [-0.3, -0.25) is 0 Å². The zero-order valence-corrected chi connectivity index (χ0v) is 11.2. The van der Waals surface area contributed by atoms with E-state index in [0.29, 0.717) is 17.1 Å². The molecule has 0 amide bonds. The Hall–Kier alpha value is -1.45. The molecule has 0 saturated heterocycles. The molecule has 1 atom stereocenters. The molecule has 19 heavy (non-hydrogen) atoms. The van der Waals surface area contributed by atoms with Crippen molar-refractivity contribution in [1.82, 2.24) is 5.32 Å². The van der Waals surface area contributed by atoms with Crippen LogP contribution >= 0.6 is 11.6 Å². The summed E-state index contributed by atoms with van der Waals surface area (Å²) >= 11 is 5.82. The summed E-state index contributed by atoms with van der Waals surface area (Å²) in [6.45, 7) is 2.48. The maximum atomic E-state index is 13.1. The largest absolute Gasteiger partial charge is 0.306 e. The number of halogens is 3. The molecule has 0 aromatic heterocycles.